The van der Waals surface area contributed by atoms with Gasteiger partial charge >= 0.3 is 0 Å². The summed E-state index contributed by atoms with van der Waals surface area (Å²) in [4.78, 5) is 15.5. The van der Waals surface area contributed by atoms with Crippen LogP contribution < -0.4 is 0 Å². The molecule has 1 aromatic heterocycles. The molecule has 4 heteroatoms. The molecule has 0 radical (unpaired) electrons. The molecule has 0 N–H and O–H groups in total. The second-order valence-electron chi connectivity index (χ2n) is 14.7. The molecular weight excluding hydrogens is 669 g/mol. The third-order valence-electron chi connectivity index (χ3n) is 11.2. The lowest BCUT2D eigenvalue weighted by molar-refractivity contribution is 0.660. The van der Waals surface area contributed by atoms with Gasteiger partial charge in [0.25, 0.3) is 0 Å². The zero-order valence-electron chi connectivity index (χ0n) is 30.5. The predicted octanol–water partition coefficient (Wildman–Crippen LogP) is 12.7. The normalized spacial score (nSPS) is 12.7. The van der Waals surface area contributed by atoms with Gasteiger partial charge in [-0.05, 0) is 78.7 Å². The number of nitrogens with zero attached hydrogens (tertiary/aromatic N) is 4. The average Bonchev–Trinajstić information content (AvgIpc) is 3.48. The Morgan fingerprint density at radius 1 is 0.400 bits per heavy atom. The third kappa shape index (κ3) is 5.32. The molecule has 0 bridgehead atoms. The fourth-order valence-corrected chi connectivity index (χ4v) is 8.41. The minimum atomic E-state index is -0.214. The van der Waals surface area contributed by atoms with E-state index >= 15 is 0 Å². The summed E-state index contributed by atoms with van der Waals surface area (Å²) in [7, 11) is 0. The molecule has 0 fully saturated rings. The Hall–Kier alpha value is -7.22. The maximum atomic E-state index is 9.61. The summed E-state index contributed by atoms with van der Waals surface area (Å²) >= 11 is 0. The first kappa shape index (κ1) is 32.4. The Morgan fingerprint density at radius 3 is 1.44 bits per heavy atom. The number of nitriles is 1. The molecule has 0 spiro atoms. The van der Waals surface area contributed by atoms with Gasteiger partial charge in [-0.15, -0.1) is 0 Å². The van der Waals surface area contributed by atoms with Crippen molar-refractivity contribution >= 4 is 21.5 Å². The van der Waals surface area contributed by atoms with Gasteiger partial charge in [0, 0.05) is 27.7 Å². The molecule has 0 atom stereocenters. The van der Waals surface area contributed by atoms with Gasteiger partial charge in [-0.25, -0.2) is 15.0 Å². The standard InChI is InChI=1S/C51H34N4/c1-51(2)44-29-32(31-52)21-27-40(44)41-28-26-37(30-45(41)51)33-22-24-34(25-23-33)46-42-19-11-9-17-38(42)39-18-10-12-20-43(39)47(46)50-54-48(35-13-5-3-6-14-35)53-49(55-50)36-15-7-4-8-16-36/h3-30H,1-2H3. The highest BCUT2D eigenvalue weighted by molar-refractivity contribution is 6.21. The van der Waals surface area contributed by atoms with E-state index in [0.29, 0.717) is 23.0 Å². The fourth-order valence-electron chi connectivity index (χ4n) is 8.41. The van der Waals surface area contributed by atoms with Gasteiger partial charge in [-0.1, -0.05) is 166 Å². The van der Waals surface area contributed by atoms with Crippen molar-refractivity contribution in [1.29, 1.82) is 5.26 Å². The van der Waals surface area contributed by atoms with Crippen LogP contribution in [-0.4, -0.2) is 15.0 Å². The van der Waals surface area contributed by atoms with Gasteiger partial charge in [0.2, 0.25) is 0 Å². The highest BCUT2D eigenvalue weighted by atomic mass is 15.0. The van der Waals surface area contributed by atoms with Gasteiger partial charge < -0.3 is 0 Å². The highest BCUT2D eigenvalue weighted by Gasteiger charge is 2.36. The SMILES string of the molecule is CC1(C)c2cc(C#N)ccc2-c2ccc(-c3ccc(-c4c(-c5nc(-c6ccccc6)nc(-c6ccccc6)n5)c5ccccc5c5ccccc45)cc3)cc21. The number of benzene rings is 8. The topological polar surface area (TPSA) is 62.5 Å². The van der Waals surface area contributed by atoms with Crippen LogP contribution in [0.25, 0.3) is 89.1 Å². The Kier molecular flexibility index (Phi) is 7.50. The van der Waals surface area contributed by atoms with Crippen molar-refractivity contribution in [2.45, 2.75) is 19.3 Å². The lowest BCUT2D eigenvalue weighted by Crippen LogP contribution is -2.15. The molecule has 1 aliphatic rings. The average molecular weight is 703 g/mol. The Bertz CT molecular complexity index is 2940. The van der Waals surface area contributed by atoms with Crippen molar-refractivity contribution in [2.75, 3.05) is 0 Å². The van der Waals surface area contributed by atoms with Crippen LogP contribution in [0.4, 0.5) is 0 Å². The van der Waals surface area contributed by atoms with E-state index in [0.717, 1.165) is 55.1 Å². The largest absolute Gasteiger partial charge is 0.208 e. The summed E-state index contributed by atoms with van der Waals surface area (Å²) in [5.74, 6) is 1.90. The summed E-state index contributed by atoms with van der Waals surface area (Å²) < 4.78 is 0. The van der Waals surface area contributed by atoms with Gasteiger partial charge in [-0.2, -0.15) is 5.26 Å². The lowest BCUT2D eigenvalue weighted by atomic mass is 9.81. The maximum absolute atomic E-state index is 9.61. The third-order valence-corrected chi connectivity index (χ3v) is 11.2. The number of rotatable bonds is 5. The Morgan fingerprint density at radius 2 is 0.855 bits per heavy atom. The van der Waals surface area contributed by atoms with Crippen LogP contribution in [-0.2, 0) is 5.41 Å². The molecule has 0 aliphatic heterocycles. The smallest absolute Gasteiger partial charge is 0.165 e. The van der Waals surface area contributed by atoms with E-state index < -0.39 is 0 Å². The van der Waals surface area contributed by atoms with Crippen LogP contribution >= 0.6 is 0 Å². The molecular formula is C51H34N4. The summed E-state index contributed by atoms with van der Waals surface area (Å²) in [5, 5.41) is 14.2. The zero-order chi connectivity index (χ0) is 37.1. The van der Waals surface area contributed by atoms with Gasteiger partial charge in [0.05, 0.1) is 11.6 Å². The number of hydrogen-bond acceptors (Lipinski definition) is 4. The van der Waals surface area contributed by atoms with Gasteiger partial charge in [-0.3, -0.25) is 0 Å². The van der Waals surface area contributed by atoms with Crippen LogP contribution in [0.3, 0.4) is 0 Å². The molecule has 9 aromatic rings. The molecule has 4 nitrogen and oxygen atoms in total. The van der Waals surface area contributed by atoms with Gasteiger partial charge in [0.1, 0.15) is 0 Å². The summed E-state index contributed by atoms with van der Waals surface area (Å²) in [6.45, 7) is 4.51. The molecule has 0 saturated heterocycles. The van der Waals surface area contributed by atoms with Crippen molar-refractivity contribution in [1.82, 2.24) is 15.0 Å². The summed E-state index contributed by atoms with van der Waals surface area (Å²) in [6, 6.07) is 61.6. The molecule has 0 unspecified atom stereocenters. The number of aromatic nitrogens is 3. The zero-order valence-corrected chi connectivity index (χ0v) is 30.5. The van der Waals surface area contributed by atoms with Crippen LogP contribution in [0.1, 0.15) is 30.5 Å². The van der Waals surface area contributed by atoms with E-state index in [1.807, 2.05) is 72.8 Å². The van der Waals surface area contributed by atoms with E-state index in [9.17, 15) is 5.26 Å². The van der Waals surface area contributed by atoms with Crippen LogP contribution in [0.5, 0.6) is 0 Å². The van der Waals surface area contributed by atoms with E-state index in [1.165, 1.54) is 27.6 Å². The monoisotopic (exact) mass is 702 g/mol. The van der Waals surface area contributed by atoms with E-state index in [-0.39, 0.29) is 5.41 Å². The first-order valence-electron chi connectivity index (χ1n) is 18.6. The molecule has 1 heterocycles. The molecule has 55 heavy (non-hydrogen) atoms. The summed E-state index contributed by atoms with van der Waals surface area (Å²) in [5.41, 5.74) is 12.7. The second-order valence-corrected chi connectivity index (χ2v) is 14.7. The van der Waals surface area contributed by atoms with E-state index in [2.05, 4.69) is 117 Å². The molecule has 0 saturated carbocycles. The maximum Gasteiger partial charge on any atom is 0.165 e. The second kappa shape index (κ2) is 12.7. The van der Waals surface area contributed by atoms with Crippen molar-refractivity contribution in [2.24, 2.45) is 0 Å². The Balaban J connectivity index is 1.17. The first-order valence-corrected chi connectivity index (χ1v) is 18.6. The molecule has 0 amide bonds. The summed E-state index contributed by atoms with van der Waals surface area (Å²) in [6.07, 6.45) is 0. The predicted molar refractivity (Wildman–Crippen MR) is 224 cm³/mol. The molecule has 8 aromatic carbocycles. The number of hydrogen-bond donors (Lipinski definition) is 0. The fraction of sp³-hybridized carbons (Fsp3) is 0.0588. The molecule has 258 valence electrons. The minimum Gasteiger partial charge on any atom is -0.208 e. The van der Waals surface area contributed by atoms with Crippen molar-refractivity contribution in [3.8, 4) is 73.6 Å². The van der Waals surface area contributed by atoms with Crippen LogP contribution in [0, 0.1) is 11.3 Å². The molecule has 10 rings (SSSR count). The Labute approximate surface area is 320 Å². The number of fused-ring (bicyclic) bond motifs is 6. The van der Waals surface area contributed by atoms with Crippen molar-refractivity contribution < 1.29 is 0 Å². The van der Waals surface area contributed by atoms with Crippen LogP contribution in [0.2, 0.25) is 0 Å². The van der Waals surface area contributed by atoms with Crippen molar-refractivity contribution in [3.63, 3.8) is 0 Å². The van der Waals surface area contributed by atoms with Gasteiger partial charge in [0.15, 0.2) is 17.5 Å². The van der Waals surface area contributed by atoms with Crippen LogP contribution in [0.15, 0.2) is 170 Å². The van der Waals surface area contributed by atoms with E-state index in [1.54, 1.807) is 0 Å². The lowest BCUT2D eigenvalue weighted by Gasteiger charge is -2.22. The highest BCUT2D eigenvalue weighted by Crippen LogP contribution is 2.50. The van der Waals surface area contributed by atoms with E-state index in [4.69, 9.17) is 15.0 Å². The minimum absolute atomic E-state index is 0.214. The first-order chi connectivity index (χ1) is 27.0. The quantitative estimate of drug-likeness (QED) is 0.168. The van der Waals surface area contributed by atoms with Crippen molar-refractivity contribution in [3.05, 3.63) is 187 Å². The molecule has 1 aliphatic carbocycles.